The lowest BCUT2D eigenvalue weighted by molar-refractivity contribution is 0.0860. The molecular formula is C14H18FNO. The van der Waals surface area contributed by atoms with Crippen molar-refractivity contribution >= 4 is 10.9 Å². The summed E-state index contributed by atoms with van der Waals surface area (Å²) in [6.45, 7) is 8.25. The summed E-state index contributed by atoms with van der Waals surface area (Å²) in [5, 5.41) is 1.14. The highest BCUT2D eigenvalue weighted by Crippen LogP contribution is 2.28. The third kappa shape index (κ3) is 1.95. The SMILES string of the molecule is CC.Cc1c2n(c3cc(F)ccc13)CCOC2. The maximum atomic E-state index is 13.2. The van der Waals surface area contributed by atoms with Crippen molar-refractivity contribution in [2.45, 2.75) is 33.9 Å². The van der Waals surface area contributed by atoms with Gasteiger partial charge in [-0.05, 0) is 30.7 Å². The Bertz CT molecular complexity index is 530. The monoisotopic (exact) mass is 235 g/mol. The van der Waals surface area contributed by atoms with E-state index in [1.165, 1.54) is 17.3 Å². The second-order valence-corrected chi connectivity index (χ2v) is 3.94. The van der Waals surface area contributed by atoms with Crippen molar-refractivity contribution in [1.29, 1.82) is 0 Å². The highest BCUT2D eigenvalue weighted by Gasteiger charge is 2.17. The molecule has 0 spiro atoms. The fourth-order valence-electron chi connectivity index (χ4n) is 2.31. The van der Waals surface area contributed by atoms with E-state index < -0.39 is 0 Å². The van der Waals surface area contributed by atoms with Gasteiger partial charge in [0.2, 0.25) is 0 Å². The van der Waals surface area contributed by atoms with Gasteiger partial charge in [0.25, 0.3) is 0 Å². The third-order valence-corrected chi connectivity index (χ3v) is 3.11. The molecule has 1 aliphatic heterocycles. The zero-order valence-electron chi connectivity index (χ0n) is 10.6. The lowest BCUT2D eigenvalue weighted by atomic mass is 10.1. The van der Waals surface area contributed by atoms with Crippen LogP contribution in [-0.4, -0.2) is 11.2 Å². The largest absolute Gasteiger partial charge is 0.373 e. The van der Waals surface area contributed by atoms with Gasteiger partial charge >= 0.3 is 0 Å². The second kappa shape index (κ2) is 4.88. The molecule has 1 aromatic heterocycles. The van der Waals surface area contributed by atoms with E-state index in [1.807, 2.05) is 19.9 Å². The lowest BCUT2D eigenvalue weighted by Gasteiger charge is -2.17. The number of ether oxygens (including phenoxy) is 1. The zero-order chi connectivity index (χ0) is 12.4. The first kappa shape index (κ1) is 12.1. The van der Waals surface area contributed by atoms with Crippen LogP contribution in [-0.2, 0) is 17.9 Å². The molecule has 3 rings (SSSR count). The fraction of sp³-hybridized carbons (Fsp3) is 0.429. The Balaban J connectivity index is 0.000000514. The van der Waals surface area contributed by atoms with E-state index in [-0.39, 0.29) is 5.82 Å². The van der Waals surface area contributed by atoms with Gasteiger partial charge in [0.1, 0.15) is 5.82 Å². The van der Waals surface area contributed by atoms with Gasteiger partial charge in [-0.2, -0.15) is 0 Å². The third-order valence-electron chi connectivity index (χ3n) is 3.11. The smallest absolute Gasteiger partial charge is 0.125 e. The van der Waals surface area contributed by atoms with Crippen molar-refractivity contribution in [2.24, 2.45) is 0 Å². The molecule has 92 valence electrons. The molecule has 2 aromatic rings. The van der Waals surface area contributed by atoms with Gasteiger partial charge in [-0.1, -0.05) is 13.8 Å². The maximum Gasteiger partial charge on any atom is 0.125 e. The number of hydrogen-bond acceptors (Lipinski definition) is 1. The van der Waals surface area contributed by atoms with Gasteiger partial charge in [-0.15, -0.1) is 0 Å². The van der Waals surface area contributed by atoms with E-state index in [9.17, 15) is 4.39 Å². The molecule has 0 radical (unpaired) electrons. The Labute approximate surface area is 101 Å². The number of fused-ring (bicyclic) bond motifs is 3. The molecule has 0 saturated carbocycles. The highest BCUT2D eigenvalue weighted by molar-refractivity contribution is 5.85. The number of aryl methyl sites for hydroxylation is 1. The number of rotatable bonds is 0. The standard InChI is InChI=1S/C12H12FNO.C2H6/c1-8-10-3-2-9(13)6-11(10)14-4-5-15-7-12(8)14;1-2/h2-3,6H,4-5,7H2,1H3;1-2H3. The molecule has 3 heteroatoms. The summed E-state index contributed by atoms with van der Waals surface area (Å²) < 4.78 is 20.8. The Morgan fingerprint density at radius 2 is 2.06 bits per heavy atom. The molecule has 0 saturated heterocycles. The quantitative estimate of drug-likeness (QED) is 0.680. The maximum absolute atomic E-state index is 13.2. The Kier molecular flexibility index (Phi) is 3.48. The molecule has 0 unspecified atom stereocenters. The molecule has 0 atom stereocenters. The predicted molar refractivity (Wildman–Crippen MR) is 67.6 cm³/mol. The van der Waals surface area contributed by atoms with E-state index >= 15 is 0 Å². The molecule has 0 amide bonds. The second-order valence-electron chi connectivity index (χ2n) is 3.94. The molecule has 2 nitrogen and oxygen atoms in total. The summed E-state index contributed by atoms with van der Waals surface area (Å²) in [6, 6.07) is 4.98. The van der Waals surface area contributed by atoms with Crippen LogP contribution in [0.15, 0.2) is 18.2 Å². The minimum Gasteiger partial charge on any atom is -0.373 e. The number of halogens is 1. The zero-order valence-corrected chi connectivity index (χ0v) is 10.6. The van der Waals surface area contributed by atoms with E-state index in [0.29, 0.717) is 13.2 Å². The van der Waals surface area contributed by atoms with Crippen LogP contribution in [0.25, 0.3) is 10.9 Å². The number of aromatic nitrogens is 1. The van der Waals surface area contributed by atoms with Gasteiger partial charge in [-0.25, -0.2) is 4.39 Å². The van der Waals surface area contributed by atoms with Crippen molar-refractivity contribution in [1.82, 2.24) is 4.57 Å². The predicted octanol–water partition coefficient (Wildman–Crippen LogP) is 3.65. The van der Waals surface area contributed by atoms with Crippen LogP contribution >= 0.6 is 0 Å². The van der Waals surface area contributed by atoms with Crippen molar-refractivity contribution in [3.63, 3.8) is 0 Å². The van der Waals surface area contributed by atoms with Gasteiger partial charge < -0.3 is 9.30 Å². The molecule has 0 fully saturated rings. The minimum absolute atomic E-state index is 0.172. The van der Waals surface area contributed by atoms with Crippen LogP contribution in [0.4, 0.5) is 4.39 Å². The molecule has 1 aliphatic rings. The van der Waals surface area contributed by atoms with E-state index in [4.69, 9.17) is 4.74 Å². The van der Waals surface area contributed by atoms with Crippen LogP contribution in [0.5, 0.6) is 0 Å². The molecule has 0 N–H and O–H groups in total. The topological polar surface area (TPSA) is 14.2 Å². The number of hydrogen-bond donors (Lipinski definition) is 0. The number of nitrogens with zero attached hydrogens (tertiary/aromatic N) is 1. The van der Waals surface area contributed by atoms with Crippen molar-refractivity contribution in [3.8, 4) is 0 Å². The number of benzene rings is 1. The summed E-state index contributed by atoms with van der Waals surface area (Å²) in [4.78, 5) is 0. The highest BCUT2D eigenvalue weighted by atomic mass is 19.1. The first-order chi connectivity index (χ1) is 8.27. The molecular weight excluding hydrogens is 217 g/mol. The Hall–Kier alpha value is -1.35. The molecule has 17 heavy (non-hydrogen) atoms. The first-order valence-electron chi connectivity index (χ1n) is 6.12. The first-order valence-corrected chi connectivity index (χ1v) is 6.12. The van der Waals surface area contributed by atoms with Crippen LogP contribution in [0.1, 0.15) is 25.1 Å². The average molecular weight is 235 g/mol. The van der Waals surface area contributed by atoms with Crippen LogP contribution < -0.4 is 0 Å². The lowest BCUT2D eigenvalue weighted by Crippen LogP contribution is -2.16. The molecule has 1 aromatic carbocycles. The van der Waals surface area contributed by atoms with Crippen LogP contribution in [0, 0.1) is 12.7 Å². The summed E-state index contributed by atoms with van der Waals surface area (Å²) in [7, 11) is 0. The summed E-state index contributed by atoms with van der Waals surface area (Å²) in [5.41, 5.74) is 3.39. The van der Waals surface area contributed by atoms with Crippen LogP contribution in [0.3, 0.4) is 0 Å². The van der Waals surface area contributed by atoms with Gasteiger partial charge in [0.15, 0.2) is 0 Å². The van der Waals surface area contributed by atoms with Crippen LogP contribution in [0.2, 0.25) is 0 Å². The normalized spacial score (nSPS) is 14.1. The average Bonchev–Trinajstić information content (AvgIpc) is 2.66. The van der Waals surface area contributed by atoms with E-state index in [0.717, 1.165) is 17.4 Å². The Morgan fingerprint density at radius 3 is 2.82 bits per heavy atom. The van der Waals surface area contributed by atoms with E-state index in [1.54, 1.807) is 6.07 Å². The Morgan fingerprint density at radius 1 is 1.29 bits per heavy atom. The molecule has 2 heterocycles. The molecule has 0 aliphatic carbocycles. The van der Waals surface area contributed by atoms with Gasteiger partial charge in [0.05, 0.1) is 18.7 Å². The van der Waals surface area contributed by atoms with E-state index in [2.05, 4.69) is 11.5 Å². The van der Waals surface area contributed by atoms with Gasteiger partial charge in [0, 0.05) is 17.6 Å². The minimum atomic E-state index is -0.172. The van der Waals surface area contributed by atoms with Crippen molar-refractivity contribution < 1.29 is 9.13 Å². The van der Waals surface area contributed by atoms with Crippen molar-refractivity contribution in [2.75, 3.05) is 6.61 Å². The summed E-state index contributed by atoms with van der Waals surface area (Å²) in [5.74, 6) is -0.172. The van der Waals surface area contributed by atoms with Gasteiger partial charge in [-0.3, -0.25) is 0 Å². The summed E-state index contributed by atoms with van der Waals surface area (Å²) >= 11 is 0. The molecule has 0 bridgehead atoms. The summed E-state index contributed by atoms with van der Waals surface area (Å²) in [6.07, 6.45) is 0. The fourth-order valence-corrected chi connectivity index (χ4v) is 2.31. The van der Waals surface area contributed by atoms with Crippen molar-refractivity contribution in [3.05, 3.63) is 35.3 Å².